The topological polar surface area (TPSA) is 42.7 Å². The first-order chi connectivity index (χ1) is 11.2. The van der Waals surface area contributed by atoms with Gasteiger partial charge < -0.3 is 5.32 Å². The molecule has 0 bridgehead atoms. The van der Waals surface area contributed by atoms with Crippen LogP contribution in [-0.2, 0) is 13.0 Å². The Labute approximate surface area is 140 Å². The molecule has 0 atom stereocenters. The van der Waals surface area contributed by atoms with Gasteiger partial charge in [-0.1, -0.05) is 17.7 Å². The Morgan fingerprint density at radius 2 is 2.00 bits per heavy atom. The summed E-state index contributed by atoms with van der Waals surface area (Å²) < 4.78 is 2.06. The molecule has 116 valence electrons. The molecule has 5 heteroatoms. The Kier molecular flexibility index (Phi) is 3.63. The highest BCUT2D eigenvalue weighted by Gasteiger charge is 2.23. The first-order valence-corrected chi connectivity index (χ1v) is 8.10. The van der Waals surface area contributed by atoms with E-state index in [1.165, 1.54) is 16.8 Å². The van der Waals surface area contributed by atoms with Gasteiger partial charge in [-0.15, -0.1) is 0 Å². The van der Waals surface area contributed by atoms with Crippen LogP contribution in [0.2, 0.25) is 5.02 Å². The van der Waals surface area contributed by atoms with Crippen LogP contribution in [0.3, 0.4) is 0 Å². The maximum absolute atomic E-state index is 6.21. The molecule has 1 aliphatic rings. The van der Waals surface area contributed by atoms with Crippen molar-refractivity contribution in [2.75, 3.05) is 6.54 Å². The first kappa shape index (κ1) is 14.4. The molecule has 0 radical (unpaired) electrons. The number of halogens is 1. The standard InChI is InChI=1S/C18H17ClN4/c1-12-2-3-14(19)10-17(12)23-16-6-9-21-11-15(16)18(22-23)13-4-7-20-8-5-13/h2-5,7-8,10,21H,6,9,11H2,1H3. The van der Waals surface area contributed by atoms with E-state index in [9.17, 15) is 0 Å². The molecule has 0 unspecified atom stereocenters. The van der Waals surface area contributed by atoms with Crippen LogP contribution < -0.4 is 5.32 Å². The number of hydrogen-bond acceptors (Lipinski definition) is 3. The van der Waals surface area contributed by atoms with Crippen molar-refractivity contribution < 1.29 is 0 Å². The third-order valence-electron chi connectivity index (χ3n) is 4.28. The summed E-state index contributed by atoms with van der Waals surface area (Å²) in [6, 6.07) is 9.96. The molecule has 4 nitrogen and oxygen atoms in total. The lowest BCUT2D eigenvalue weighted by Gasteiger charge is -2.16. The highest BCUT2D eigenvalue weighted by atomic mass is 35.5. The number of nitrogens with zero attached hydrogens (tertiary/aromatic N) is 3. The average molecular weight is 325 g/mol. The molecule has 0 spiro atoms. The predicted octanol–water partition coefficient (Wildman–Crippen LogP) is 3.54. The Morgan fingerprint density at radius 3 is 2.83 bits per heavy atom. The Hall–Kier alpha value is -2.17. The lowest BCUT2D eigenvalue weighted by Crippen LogP contribution is -2.24. The summed E-state index contributed by atoms with van der Waals surface area (Å²) in [6.45, 7) is 3.90. The van der Waals surface area contributed by atoms with Gasteiger partial charge in [-0.3, -0.25) is 4.98 Å². The van der Waals surface area contributed by atoms with E-state index in [0.29, 0.717) is 0 Å². The molecular weight excluding hydrogens is 308 g/mol. The molecule has 1 aromatic carbocycles. The van der Waals surface area contributed by atoms with Gasteiger partial charge in [0.15, 0.2) is 0 Å². The van der Waals surface area contributed by atoms with Crippen molar-refractivity contribution in [1.29, 1.82) is 0 Å². The van der Waals surface area contributed by atoms with E-state index >= 15 is 0 Å². The predicted molar refractivity (Wildman–Crippen MR) is 92.0 cm³/mol. The largest absolute Gasteiger partial charge is 0.312 e. The summed E-state index contributed by atoms with van der Waals surface area (Å²) in [5.74, 6) is 0. The van der Waals surface area contributed by atoms with Crippen molar-refractivity contribution in [3.05, 3.63) is 64.6 Å². The quantitative estimate of drug-likeness (QED) is 0.784. The molecule has 0 fully saturated rings. The maximum Gasteiger partial charge on any atom is 0.0976 e. The second-order valence-corrected chi connectivity index (χ2v) is 6.22. The monoisotopic (exact) mass is 324 g/mol. The highest BCUT2D eigenvalue weighted by Crippen LogP contribution is 2.30. The third kappa shape index (κ3) is 2.54. The van der Waals surface area contributed by atoms with E-state index in [2.05, 4.69) is 21.9 Å². The summed E-state index contributed by atoms with van der Waals surface area (Å²) >= 11 is 6.21. The van der Waals surface area contributed by atoms with Crippen LogP contribution in [-0.4, -0.2) is 21.3 Å². The molecule has 0 amide bonds. The number of nitrogens with one attached hydrogen (secondary N) is 1. The summed E-state index contributed by atoms with van der Waals surface area (Å²) in [6.07, 6.45) is 4.57. The van der Waals surface area contributed by atoms with Gasteiger partial charge in [-0.25, -0.2) is 4.68 Å². The normalized spacial score (nSPS) is 13.8. The van der Waals surface area contributed by atoms with Crippen LogP contribution in [0.4, 0.5) is 0 Å². The van der Waals surface area contributed by atoms with Crippen molar-refractivity contribution in [3.8, 4) is 16.9 Å². The molecule has 1 aliphatic heterocycles. The van der Waals surface area contributed by atoms with Crippen LogP contribution in [0.5, 0.6) is 0 Å². The molecule has 0 aliphatic carbocycles. The van der Waals surface area contributed by atoms with Gasteiger partial charge in [0.25, 0.3) is 0 Å². The smallest absolute Gasteiger partial charge is 0.0976 e. The zero-order chi connectivity index (χ0) is 15.8. The van der Waals surface area contributed by atoms with E-state index in [0.717, 1.165) is 41.5 Å². The van der Waals surface area contributed by atoms with Crippen molar-refractivity contribution in [3.63, 3.8) is 0 Å². The lowest BCUT2D eigenvalue weighted by molar-refractivity contribution is 0.622. The SMILES string of the molecule is Cc1ccc(Cl)cc1-n1nc(-c2ccncc2)c2c1CCNC2. The summed E-state index contributed by atoms with van der Waals surface area (Å²) in [4.78, 5) is 4.11. The van der Waals surface area contributed by atoms with E-state index in [1.54, 1.807) is 0 Å². The van der Waals surface area contributed by atoms with Gasteiger partial charge in [0.2, 0.25) is 0 Å². The molecule has 0 saturated heterocycles. The number of pyridine rings is 1. The minimum Gasteiger partial charge on any atom is -0.312 e. The van der Waals surface area contributed by atoms with Gasteiger partial charge >= 0.3 is 0 Å². The molecule has 3 aromatic rings. The van der Waals surface area contributed by atoms with Crippen molar-refractivity contribution in [2.24, 2.45) is 0 Å². The van der Waals surface area contributed by atoms with Gasteiger partial charge in [0.05, 0.1) is 17.1 Å². The van der Waals surface area contributed by atoms with E-state index < -0.39 is 0 Å². The minimum absolute atomic E-state index is 0.731. The van der Waals surface area contributed by atoms with Gasteiger partial charge in [-0.2, -0.15) is 5.10 Å². The fourth-order valence-electron chi connectivity index (χ4n) is 3.10. The van der Waals surface area contributed by atoms with Crippen LogP contribution in [0.25, 0.3) is 16.9 Å². The van der Waals surface area contributed by atoms with E-state index in [-0.39, 0.29) is 0 Å². The van der Waals surface area contributed by atoms with Crippen LogP contribution in [0.15, 0.2) is 42.7 Å². The molecule has 3 heterocycles. The number of benzene rings is 1. The average Bonchev–Trinajstić information content (AvgIpc) is 2.97. The van der Waals surface area contributed by atoms with Crippen LogP contribution in [0.1, 0.15) is 16.8 Å². The Bertz CT molecular complexity index is 855. The number of aryl methyl sites for hydroxylation is 1. The molecule has 23 heavy (non-hydrogen) atoms. The minimum atomic E-state index is 0.731. The Morgan fingerprint density at radius 1 is 1.17 bits per heavy atom. The van der Waals surface area contributed by atoms with E-state index in [1.807, 2.05) is 42.7 Å². The van der Waals surface area contributed by atoms with Gasteiger partial charge in [-0.05, 0) is 36.8 Å². The highest BCUT2D eigenvalue weighted by molar-refractivity contribution is 6.30. The summed E-state index contributed by atoms with van der Waals surface area (Å²) in [5, 5.41) is 9.10. The maximum atomic E-state index is 6.21. The lowest BCUT2D eigenvalue weighted by atomic mass is 10.0. The van der Waals surface area contributed by atoms with E-state index in [4.69, 9.17) is 16.7 Å². The Balaban J connectivity index is 1.94. The molecular formula is C18H17ClN4. The fraction of sp³-hybridized carbons (Fsp3) is 0.222. The first-order valence-electron chi connectivity index (χ1n) is 7.72. The van der Waals surface area contributed by atoms with Crippen molar-refractivity contribution in [2.45, 2.75) is 19.9 Å². The third-order valence-corrected chi connectivity index (χ3v) is 4.52. The van der Waals surface area contributed by atoms with Crippen LogP contribution in [0, 0.1) is 6.92 Å². The molecule has 4 rings (SSSR count). The van der Waals surface area contributed by atoms with Gasteiger partial charge in [0.1, 0.15) is 0 Å². The number of aromatic nitrogens is 3. The number of fused-ring (bicyclic) bond motifs is 1. The zero-order valence-corrected chi connectivity index (χ0v) is 13.6. The van der Waals surface area contributed by atoms with Crippen molar-refractivity contribution in [1.82, 2.24) is 20.1 Å². The summed E-state index contributed by atoms with van der Waals surface area (Å²) in [7, 11) is 0. The zero-order valence-electron chi connectivity index (χ0n) is 12.9. The molecule has 1 N–H and O–H groups in total. The van der Waals surface area contributed by atoms with Crippen molar-refractivity contribution >= 4 is 11.6 Å². The molecule has 0 saturated carbocycles. The summed E-state index contributed by atoms with van der Waals surface area (Å²) in [5.41, 5.74) is 6.87. The molecule has 2 aromatic heterocycles. The second kappa shape index (κ2) is 5.80. The number of rotatable bonds is 2. The van der Waals surface area contributed by atoms with Crippen LogP contribution >= 0.6 is 11.6 Å². The number of hydrogen-bond donors (Lipinski definition) is 1. The second-order valence-electron chi connectivity index (χ2n) is 5.78. The fourth-order valence-corrected chi connectivity index (χ4v) is 3.27. The van der Waals surface area contributed by atoms with Gasteiger partial charge in [0, 0.05) is 48.1 Å².